The summed E-state index contributed by atoms with van der Waals surface area (Å²) in [6.07, 6.45) is 2.07. The fourth-order valence-corrected chi connectivity index (χ4v) is 3.31. The normalized spacial score (nSPS) is 26.8. The zero-order valence-corrected chi connectivity index (χ0v) is 14.2. The largest absolute Gasteiger partial charge is 0.497 e. The van der Waals surface area contributed by atoms with Crippen LogP contribution in [-0.2, 0) is 11.3 Å². The van der Waals surface area contributed by atoms with Gasteiger partial charge in [0.1, 0.15) is 11.5 Å². The van der Waals surface area contributed by atoms with Gasteiger partial charge in [0.15, 0.2) is 0 Å². The molecule has 2 fully saturated rings. The number of carbonyl (C=O) groups is 1. The van der Waals surface area contributed by atoms with Gasteiger partial charge in [-0.1, -0.05) is 6.92 Å². The van der Waals surface area contributed by atoms with Gasteiger partial charge in [0.25, 0.3) is 0 Å². The highest BCUT2D eigenvalue weighted by molar-refractivity contribution is 5.81. The third kappa shape index (κ3) is 3.96. The molecule has 1 amide bonds. The molecule has 1 aliphatic heterocycles. The third-order valence-corrected chi connectivity index (χ3v) is 4.88. The van der Waals surface area contributed by atoms with Crippen LogP contribution in [0.3, 0.4) is 0 Å². The molecule has 5 nitrogen and oxygen atoms in total. The van der Waals surface area contributed by atoms with Crippen LogP contribution in [0.2, 0.25) is 0 Å². The van der Waals surface area contributed by atoms with Crippen molar-refractivity contribution < 1.29 is 14.3 Å². The summed E-state index contributed by atoms with van der Waals surface area (Å²) in [7, 11) is 3.33. The Morgan fingerprint density at radius 1 is 1.26 bits per heavy atom. The second-order valence-corrected chi connectivity index (χ2v) is 6.77. The van der Waals surface area contributed by atoms with E-state index < -0.39 is 0 Å². The van der Waals surface area contributed by atoms with E-state index in [0.29, 0.717) is 5.92 Å². The van der Waals surface area contributed by atoms with Crippen molar-refractivity contribution in [2.45, 2.75) is 32.4 Å². The monoisotopic (exact) mass is 318 g/mol. The predicted molar refractivity (Wildman–Crippen MR) is 88.6 cm³/mol. The number of methoxy groups -OCH3 is 2. The molecular formula is C18H26N2O3. The quantitative estimate of drug-likeness (QED) is 0.872. The first-order valence-electron chi connectivity index (χ1n) is 8.33. The Morgan fingerprint density at radius 3 is 2.48 bits per heavy atom. The Kier molecular flexibility index (Phi) is 4.76. The zero-order chi connectivity index (χ0) is 16.4. The van der Waals surface area contributed by atoms with Gasteiger partial charge in [-0.3, -0.25) is 9.69 Å². The molecule has 2 aliphatic rings. The van der Waals surface area contributed by atoms with Gasteiger partial charge in [-0.25, -0.2) is 0 Å². The van der Waals surface area contributed by atoms with Crippen molar-refractivity contribution in [2.75, 3.05) is 27.3 Å². The van der Waals surface area contributed by atoms with E-state index >= 15 is 0 Å². The van der Waals surface area contributed by atoms with Crippen LogP contribution in [-0.4, -0.2) is 44.2 Å². The van der Waals surface area contributed by atoms with Crippen LogP contribution in [0.4, 0.5) is 0 Å². The van der Waals surface area contributed by atoms with Crippen LogP contribution in [0, 0.1) is 11.8 Å². The summed E-state index contributed by atoms with van der Waals surface area (Å²) in [6.45, 7) is 4.90. The van der Waals surface area contributed by atoms with Gasteiger partial charge < -0.3 is 14.8 Å². The van der Waals surface area contributed by atoms with E-state index in [1.807, 2.05) is 18.2 Å². The Labute approximate surface area is 137 Å². The number of nitrogens with zero attached hydrogens (tertiary/aromatic N) is 1. The van der Waals surface area contributed by atoms with E-state index in [9.17, 15) is 4.79 Å². The molecule has 23 heavy (non-hydrogen) atoms. The Bertz CT molecular complexity index is 553. The van der Waals surface area contributed by atoms with Gasteiger partial charge in [0.05, 0.1) is 14.2 Å². The van der Waals surface area contributed by atoms with Crippen molar-refractivity contribution >= 4 is 5.91 Å². The minimum absolute atomic E-state index is 0.243. The molecule has 1 heterocycles. The van der Waals surface area contributed by atoms with E-state index in [0.717, 1.165) is 44.0 Å². The lowest BCUT2D eigenvalue weighted by Crippen LogP contribution is -2.38. The van der Waals surface area contributed by atoms with E-state index in [-0.39, 0.29) is 17.9 Å². The van der Waals surface area contributed by atoms with E-state index in [1.165, 1.54) is 5.56 Å². The maximum absolute atomic E-state index is 12.0. The maximum Gasteiger partial charge on any atom is 0.223 e. The zero-order valence-electron chi connectivity index (χ0n) is 14.2. The summed E-state index contributed by atoms with van der Waals surface area (Å²) in [5, 5.41) is 3.20. The van der Waals surface area contributed by atoms with Gasteiger partial charge in [-0.15, -0.1) is 0 Å². The molecule has 0 aromatic heterocycles. The number of likely N-dealkylation sites (tertiary alicyclic amines) is 1. The van der Waals surface area contributed by atoms with E-state index in [4.69, 9.17) is 9.47 Å². The maximum atomic E-state index is 12.0. The molecule has 5 heteroatoms. The molecule has 126 valence electrons. The molecule has 0 radical (unpaired) electrons. The third-order valence-electron chi connectivity index (χ3n) is 4.88. The number of nitrogens with one attached hydrogen (secondary N) is 1. The number of carbonyl (C=O) groups excluding carboxylic acids is 1. The lowest BCUT2D eigenvalue weighted by molar-refractivity contribution is -0.123. The first kappa shape index (κ1) is 16.1. The number of amides is 1. The first-order valence-corrected chi connectivity index (χ1v) is 8.33. The molecule has 0 spiro atoms. The SMILES string of the molecule is COc1cc(CN2CC[C@H](NC(=O)[C@@H]3C[C@H]3C)C2)cc(OC)c1. The molecule has 1 aromatic carbocycles. The lowest BCUT2D eigenvalue weighted by atomic mass is 10.2. The summed E-state index contributed by atoms with van der Waals surface area (Å²) < 4.78 is 10.6. The predicted octanol–water partition coefficient (Wildman–Crippen LogP) is 2.05. The highest BCUT2D eigenvalue weighted by Gasteiger charge is 2.40. The van der Waals surface area contributed by atoms with Crippen LogP contribution in [0.5, 0.6) is 11.5 Å². The minimum Gasteiger partial charge on any atom is -0.497 e. The van der Waals surface area contributed by atoms with Crippen LogP contribution in [0.1, 0.15) is 25.3 Å². The molecule has 1 aromatic rings. The van der Waals surface area contributed by atoms with Crippen molar-refractivity contribution in [3.63, 3.8) is 0 Å². The van der Waals surface area contributed by atoms with Crippen LogP contribution in [0.15, 0.2) is 18.2 Å². The van der Waals surface area contributed by atoms with Crippen molar-refractivity contribution in [3.05, 3.63) is 23.8 Å². The average molecular weight is 318 g/mol. The summed E-state index contributed by atoms with van der Waals surface area (Å²) in [6, 6.07) is 6.25. The fraction of sp³-hybridized carbons (Fsp3) is 0.611. The number of ether oxygens (including phenoxy) is 2. The molecule has 0 bridgehead atoms. The molecule has 1 saturated carbocycles. The van der Waals surface area contributed by atoms with Crippen LogP contribution < -0.4 is 14.8 Å². The minimum atomic E-state index is 0.243. The van der Waals surface area contributed by atoms with Gasteiger partial charge in [-0.05, 0) is 36.5 Å². The molecule has 3 rings (SSSR count). The fourth-order valence-electron chi connectivity index (χ4n) is 3.31. The highest BCUT2D eigenvalue weighted by atomic mass is 16.5. The second kappa shape index (κ2) is 6.79. The molecule has 1 aliphatic carbocycles. The first-order chi connectivity index (χ1) is 11.1. The Morgan fingerprint density at radius 2 is 1.91 bits per heavy atom. The smallest absolute Gasteiger partial charge is 0.223 e. The van der Waals surface area contributed by atoms with Crippen molar-refractivity contribution in [3.8, 4) is 11.5 Å². The lowest BCUT2D eigenvalue weighted by Gasteiger charge is -2.18. The van der Waals surface area contributed by atoms with E-state index in [1.54, 1.807) is 14.2 Å². The van der Waals surface area contributed by atoms with E-state index in [2.05, 4.69) is 17.1 Å². The Hall–Kier alpha value is -1.75. The van der Waals surface area contributed by atoms with Crippen molar-refractivity contribution in [1.82, 2.24) is 10.2 Å². The molecule has 0 unspecified atom stereocenters. The highest BCUT2D eigenvalue weighted by Crippen LogP contribution is 2.37. The summed E-state index contributed by atoms with van der Waals surface area (Å²) in [4.78, 5) is 14.4. The summed E-state index contributed by atoms with van der Waals surface area (Å²) in [5.41, 5.74) is 1.17. The molecule has 1 N–H and O–H groups in total. The topological polar surface area (TPSA) is 50.8 Å². The van der Waals surface area contributed by atoms with Crippen LogP contribution >= 0.6 is 0 Å². The molecule has 1 saturated heterocycles. The number of hydrogen-bond donors (Lipinski definition) is 1. The summed E-state index contributed by atoms with van der Waals surface area (Å²) >= 11 is 0. The van der Waals surface area contributed by atoms with Gasteiger partial charge in [0, 0.05) is 37.7 Å². The molecular weight excluding hydrogens is 292 g/mol. The number of rotatable bonds is 6. The van der Waals surface area contributed by atoms with Gasteiger partial charge in [0.2, 0.25) is 5.91 Å². The number of benzene rings is 1. The Balaban J connectivity index is 1.54. The molecule has 3 atom stereocenters. The second-order valence-electron chi connectivity index (χ2n) is 6.77. The van der Waals surface area contributed by atoms with Crippen LogP contribution in [0.25, 0.3) is 0 Å². The van der Waals surface area contributed by atoms with Crippen molar-refractivity contribution in [1.29, 1.82) is 0 Å². The van der Waals surface area contributed by atoms with Crippen molar-refractivity contribution in [2.24, 2.45) is 11.8 Å². The van der Waals surface area contributed by atoms with Gasteiger partial charge in [-0.2, -0.15) is 0 Å². The van der Waals surface area contributed by atoms with Gasteiger partial charge >= 0.3 is 0 Å². The summed E-state index contributed by atoms with van der Waals surface area (Å²) in [5.74, 6) is 2.69. The average Bonchev–Trinajstić information content (AvgIpc) is 3.13. The standard InChI is InChI=1S/C18H26N2O3/c1-12-6-17(12)18(21)19-14-4-5-20(11-14)10-13-7-15(22-2)9-16(8-13)23-3/h7-9,12,14,17H,4-6,10-11H2,1-3H3,(H,19,21)/t12-,14+,17-/m1/s1. The number of hydrogen-bond acceptors (Lipinski definition) is 4.